The minimum atomic E-state index is -0.320. The molecule has 0 atom stereocenters. The van der Waals surface area contributed by atoms with Gasteiger partial charge in [-0.3, -0.25) is 0 Å². The van der Waals surface area contributed by atoms with Gasteiger partial charge in [-0.1, -0.05) is 39.7 Å². The van der Waals surface area contributed by atoms with E-state index in [2.05, 4.69) is 15.9 Å². The highest BCUT2D eigenvalue weighted by Gasteiger charge is 2.06. The number of nitrogens with two attached hydrogens (primary N) is 1. The van der Waals surface area contributed by atoms with Crippen molar-refractivity contribution in [1.82, 2.24) is 0 Å². The molecule has 0 aliphatic carbocycles. The Bertz CT molecular complexity index is 645. The first-order chi connectivity index (χ1) is 9.45. The largest absolute Gasteiger partial charge is 0.489 e. The zero-order valence-electron chi connectivity index (χ0n) is 10.2. The fourth-order valence-electron chi connectivity index (χ4n) is 1.65. The van der Waals surface area contributed by atoms with Gasteiger partial charge in [0.05, 0.1) is 5.02 Å². The summed E-state index contributed by atoms with van der Waals surface area (Å²) in [4.78, 5) is 0.232. The van der Waals surface area contributed by atoms with E-state index in [0.717, 1.165) is 0 Å². The van der Waals surface area contributed by atoms with Crippen molar-refractivity contribution in [2.45, 2.75) is 6.61 Å². The van der Waals surface area contributed by atoms with Crippen LogP contribution in [0.1, 0.15) is 11.1 Å². The highest BCUT2D eigenvalue weighted by molar-refractivity contribution is 9.10. The van der Waals surface area contributed by atoms with Crippen LogP contribution in [0.5, 0.6) is 5.75 Å². The average Bonchev–Trinajstić information content (AvgIpc) is 2.35. The van der Waals surface area contributed by atoms with Gasteiger partial charge < -0.3 is 10.5 Å². The molecule has 2 N–H and O–H groups in total. The third-order valence-corrected chi connectivity index (χ3v) is 3.52. The van der Waals surface area contributed by atoms with Gasteiger partial charge in [-0.25, -0.2) is 4.39 Å². The van der Waals surface area contributed by atoms with Crippen molar-refractivity contribution in [3.8, 4) is 5.75 Å². The summed E-state index contributed by atoms with van der Waals surface area (Å²) in [6, 6.07) is 9.63. The molecule has 0 aliphatic heterocycles. The van der Waals surface area contributed by atoms with Crippen molar-refractivity contribution in [2.75, 3.05) is 0 Å². The van der Waals surface area contributed by atoms with E-state index >= 15 is 0 Å². The Labute approximate surface area is 134 Å². The van der Waals surface area contributed by atoms with E-state index in [1.165, 1.54) is 12.1 Å². The molecule has 2 nitrogen and oxygen atoms in total. The molecule has 0 saturated carbocycles. The molecular weight excluding hydrogens is 365 g/mol. The maximum Gasteiger partial charge on any atom is 0.124 e. The highest BCUT2D eigenvalue weighted by Crippen LogP contribution is 2.24. The Kier molecular flexibility index (Phi) is 4.96. The minimum absolute atomic E-state index is 0.232. The molecule has 0 heterocycles. The summed E-state index contributed by atoms with van der Waals surface area (Å²) in [6.45, 7) is 0.235. The average molecular weight is 375 g/mol. The van der Waals surface area contributed by atoms with Crippen molar-refractivity contribution in [3.05, 3.63) is 62.8 Å². The van der Waals surface area contributed by atoms with Gasteiger partial charge in [0, 0.05) is 10.0 Å². The fourth-order valence-corrected chi connectivity index (χ4v) is 2.67. The molecule has 20 heavy (non-hydrogen) atoms. The van der Waals surface area contributed by atoms with Crippen molar-refractivity contribution >= 4 is 44.7 Å². The molecule has 2 aromatic rings. The molecule has 104 valence electrons. The normalized spacial score (nSPS) is 10.3. The van der Waals surface area contributed by atoms with Gasteiger partial charge in [0.1, 0.15) is 23.2 Å². The topological polar surface area (TPSA) is 35.2 Å². The monoisotopic (exact) mass is 373 g/mol. The van der Waals surface area contributed by atoms with Crippen LogP contribution in [-0.2, 0) is 6.61 Å². The van der Waals surface area contributed by atoms with Gasteiger partial charge in [0.15, 0.2) is 0 Å². The van der Waals surface area contributed by atoms with Gasteiger partial charge in [0.25, 0.3) is 0 Å². The summed E-state index contributed by atoms with van der Waals surface area (Å²) < 4.78 is 19.5. The summed E-state index contributed by atoms with van der Waals surface area (Å²) in [7, 11) is 0. The highest BCUT2D eigenvalue weighted by atomic mass is 79.9. The van der Waals surface area contributed by atoms with Gasteiger partial charge in [-0.05, 0) is 42.0 Å². The van der Waals surface area contributed by atoms with Gasteiger partial charge in [-0.15, -0.1) is 0 Å². The smallest absolute Gasteiger partial charge is 0.124 e. The van der Waals surface area contributed by atoms with Crippen LogP contribution in [0.4, 0.5) is 4.39 Å². The lowest BCUT2D eigenvalue weighted by molar-refractivity contribution is 0.305. The molecule has 2 rings (SSSR count). The molecule has 0 unspecified atom stereocenters. The Hall–Kier alpha value is -1.17. The Morgan fingerprint density at radius 1 is 1.30 bits per heavy atom. The summed E-state index contributed by atoms with van der Waals surface area (Å²) in [5.41, 5.74) is 6.84. The number of halogens is 3. The number of benzene rings is 2. The molecule has 6 heteroatoms. The number of thiocarbonyl (C=S) groups is 1. The van der Waals surface area contributed by atoms with Crippen LogP contribution in [0.3, 0.4) is 0 Å². The third-order valence-electron chi connectivity index (χ3n) is 2.53. The summed E-state index contributed by atoms with van der Waals surface area (Å²) in [5, 5.41) is 0.426. The first-order valence-electron chi connectivity index (χ1n) is 5.63. The van der Waals surface area contributed by atoms with Gasteiger partial charge >= 0.3 is 0 Å². The molecule has 0 spiro atoms. The molecule has 0 fully saturated rings. The molecule has 2 aromatic carbocycles. The molecule has 0 amide bonds. The van der Waals surface area contributed by atoms with Crippen molar-refractivity contribution in [3.63, 3.8) is 0 Å². The van der Waals surface area contributed by atoms with Crippen LogP contribution in [0, 0.1) is 5.82 Å². The second-order valence-corrected chi connectivity index (χ2v) is 5.83. The van der Waals surface area contributed by atoms with Crippen molar-refractivity contribution < 1.29 is 9.13 Å². The Morgan fingerprint density at radius 3 is 2.65 bits per heavy atom. The van der Waals surface area contributed by atoms with Crippen molar-refractivity contribution in [2.24, 2.45) is 5.73 Å². The number of hydrogen-bond donors (Lipinski definition) is 1. The summed E-state index contributed by atoms with van der Waals surface area (Å²) >= 11 is 14.1. The first kappa shape index (κ1) is 15.2. The second-order valence-electron chi connectivity index (χ2n) is 4.07. The number of ether oxygens (including phenoxy) is 1. The maximum absolute atomic E-state index is 13.2. The third kappa shape index (κ3) is 3.91. The van der Waals surface area contributed by atoms with Crippen LogP contribution in [0.25, 0.3) is 0 Å². The minimum Gasteiger partial charge on any atom is -0.489 e. The predicted octanol–water partition coefficient (Wildman–Crippen LogP) is 4.45. The van der Waals surface area contributed by atoms with Crippen LogP contribution in [0.15, 0.2) is 40.9 Å². The second kappa shape index (κ2) is 6.52. The lowest BCUT2D eigenvalue weighted by atomic mass is 10.2. The molecule has 0 aliphatic rings. The molecule has 0 bridgehead atoms. The van der Waals surface area contributed by atoms with E-state index < -0.39 is 0 Å². The maximum atomic E-state index is 13.2. The van der Waals surface area contributed by atoms with Gasteiger partial charge in [-0.2, -0.15) is 0 Å². The Balaban J connectivity index is 2.11. The molecule has 0 aromatic heterocycles. The van der Waals surface area contributed by atoms with Crippen molar-refractivity contribution in [1.29, 1.82) is 0 Å². The van der Waals surface area contributed by atoms with E-state index in [1.807, 2.05) is 0 Å². The van der Waals surface area contributed by atoms with Crippen LogP contribution < -0.4 is 10.5 Å². The Morgan fingerprint density at radius 2 is 2.05 bits per heavy atom. The van der Waals surface area contributed by atoms with E-state index in [9.17, 15) is 4.39 Å². The standard InChI is InChI=1S/C14H10BrClFNOS/c15-9-3-8(4-10(17)5-9)7-19-11-1-2-12(14(18)20)13(16)6-11/h1-6H,7H2,(H2,18,20). The van der Waals surface area contributed by atoms with Crippen LogP contribution in [0.2, 0.25) is 5.02 Å². The molecule has 0 saturated heterocycles. The SMILES string of the molecule is NC(=S)c1ccc(OCc2cc(F)cc(Br)c2)cc1Cl. The lowest BCUT2D eigenvalue weighted by Gasteiger charge is -2.09. The van der Waals surface area contributed by atoms with E-state index in [-0.39, 0.29) is 17.4 Å². The number of rotatable bonds is 4. The van der Waals surface area contributed by atoms with E-state index in [1.54, 1.807) is 24.3 Å². The van der Waals surface area contributed by atoms with Gasteiger partial charge in [0.2, 0.25) is 0 Å². The van der Waals surface area contributed by atoms with Crippen LogP contribution in [-0.4, -0.2) is 4.99 Å². The summed E-state index contributed by atoms with van der Waals surface area (Å²) in [5.74, 6) is 0.246. The zero-order valence-corrected chi connectivity index (χ0v) is 13.4. The summed E-state index contributed by atoms with van der Waals surface area (Å²) in [6.07, 6.45) is 0. The van der Waals surface area contributed by atoms with E-state index in [4.69, 9.17) is 34.3 Å². The lowest BCUT2D eigenvalue weighted by Crippen LogP contribution is -2.09. The van der Waals surface area contributed by atoms with E-state index in [0.29, 0.717) is 26.4 Å². The van der Waals surface area contributed by atoms with Crippen LogP contribution >= 0.6 is 39.7 Å². The predicted molar refractivity (Wildman–Crippen MR) is 85.8 cm³/mol. The molecular formula is C14H10BrClFNOS. The first-order valence-corrected chi connectivity index (χ1v) is 7.21. The molecule has 0 radical (unpaired) electrons. The number of hydrogen-bond acceptors (Lipinski definition) is 2. The quantitative estimate of drug-likeness (QED) is 0.803. The zero-order chi connectivity index (χ0) is 14.7. The fraction of sp³-hybridized carbons (Fsp3) is 0.0714.